The van der Waals surface area contributed by atoms with Crippen molar-refractivity contribution >= 4 is 0 Å². The van der Waals surface area contributed by atoms with E-state index in [1.165, 1.54) is 80.9 Å². The monoisotopic (exact) mass is 1390 g/mol. The summed E-state index contributed by atoms with van der Waals surface area (Å²) >= 11 is 0. The molecule has 0 aromatic rings. The zero-order valence-electron chi connectivity index (χ0n) is 61.0. The van der Waals surface area contributed by atoms with E-state index in [-0.39, 0.29) is 48.5 Å². The molecule has 9 N–H and O–H groups in total. The minimum Gasteiger partial charge on any atom is -0.393 e. The molecule has 0 heterocycles. The fraction of sp³-hybridized carbons (Fsp3) is 0.714. The molecular weight excluding hydrogens is 1270 g/mol. The first-order chi connectivity index (χ1) is 46.4. The SMILES string of the molecule is C=C1/C(=C\C=C2/CCC[C@]3(C)[C@@H]([C@@H](C)/C=C/C=C/C(O)(CC)CC)CC[C@@H]23)C[C@@H](O)C[C@@H]1O.C=C1/C(=C\C=C2/CCC[C@]3(C)[C@@H]([C@@H](C)/C=C/[C@@H](O)C4CC4)CC[C@@H]23)C[C@@H](O)C[C@@H]1O.C=C1/C(=C\C=C2/CCC[C@]3(C)[C@@H]([C@@H](C)CCCC(O)(C(F)(F)F)C(F)(F)F)CC[C@@H]23)C[C@@H](O)C[C@@H]1O. The summed E-state index contributed by atoms with van der Waals surface area (Å²) in [5, 5.41) is 90.6. The Morgan fingerprint density at radius 2 is 0.859 bits per heavy atom. The van der Waals surface area contributed by atoms with Crippen LogP contribution in [0, 0.1) is 75.4 Å². The Hall–Kier alpha value is -3.90. The van der Waals surface area contributed by atoms with Crippen molar-refractivity contribution < 1.29 is 72.3 Å². The molecule has 0 saturated heterocycles. The molecule has 0 unspecified atom stereocenters. The molecule has 10 aliphatic carbocycles. The molecule has 10 aliphatic rings. The molecule has 99 heavy (non-hydrogen) atoms. The number of aliphatic hydroxyl groups excluding tert-OH is 7. The number of allylic oxidation sites excluding steroid dienone is 13. The highest BCUT2D eigenvalue weighted by Gasteiger charge is 2.69. The van der Waals surface area contributed by atoms with Crippen LogP contribution in [0.4, 0.5) is 26.3 Å². The summed E-state index contributed by atoms with van der Waals surface area (Å²) in [7, 11) is 0. The molecule has 0 aromatic carbocycles. The van der Waals surface area contributed by atoms with Gasteiger partial charge in [-0.25, -0.2) is 0 Å². The second-order valence-corrected chi connectivity index (χ2v) is 33.2. The predicted octanol–water partition coefficient (Wildman–Crippen LogP) is 18.3. The van der Waals surface area contributed by atoms with Gasteiger partial charge in [0.05, 0.1) is 48.3 Å². The van der Waals surface area contributed by atoms with Crippen molar-refractivity contribution in [1.82, 2.24) is 0 Å². The Balaban J connectivity index is 0.000000190. The first kappa shape index (κ1) is 80.8. The van der Waals surface area contributed by atoms with E-state index in [9.17, 15) is 72.3 Å². The highest BCUT2D eigenvalue weighted by molar-refractivity contribution is 5.41. The minimum absolute atomic E-state index is 0.0770. The van der Waals surface area contributed by atoms with E-state index in [0.717, 1.165) is 85.7 Å². The average molecular weight is 1390 g/mol. The summed E-state index contributed by atoms with van der Waals surface area (Å²) in [6, 6.07) is 0. The molecule has 556 valence electrons. The van der Waals surface area contributed by atoms with Crippen LogP contribution in [0.1, 0.15) is 235 Å². The first-order valence-corrected chi connectivity index (χ1v) is 38.1. The minimum atomic E-state index is -5.77. The van der Waals surface area contributed by atoms with Crippen LogP contribution < -0.4 is 0 Å². The lowest BCUT2D eigenvalue weighted by Gasteiger charge is -2.44. The number of halogens is 6. The van der Waals surface area contributed by atoms with Gasteiger partial charge in [0.25, 0.3) is 5.60 Å². The zero-order chi connectivity index (χ0) is 72.8. The second-order valence-electron chi connectivity index (χ2n) is 33.2. The van der Waals surface area contributed by atoms with Gasteiger partial charge in [0.15, 0.2) is 0 Å². The Kier molecular flexibility index (Phi) is 27.3. The van der Waals surface area contributed by atoms with Gasteiger partial charge >= 0.3 is 12.4 Å². The summed E-state index contributed by atoms with van der Waals surface area (Å²) < 4.78 is 78.1. The fourth-order valence-electron chi connectivity index (χ4n) is 20.3. The smallest absolute Gasteiger partial charge is 0.393 e. The van der Waals surface area contributed by atoms with Gasteiger partial charge in [-0.05, 0) is 263 Å². The van der Waals surface area contributed by atoms with E-state index in [1.54, 1.807) is 0 Å². The van der Waals surface area contributed by atoms with Crippen LogP contribution in [0.25, 0.3) is 0 Å². The molecule has 15 heteroatoms. The highest BCUT2D eigenvalue weighted by Crippen LogP contribution is 2.63. The van der Waals surface area contributed by atoms with Gasteiger partial charge in [0.1, 0.15) is 0 Å². The Morgan fingerprint density at radius 3 is 1.22 bits per heavy atom. The van der Waals surface area contributed by atoms with Crippen molar-refractivity contribution in [3.8, 4) is 0 Å². The Bertz CT molecular complexity index is 3060. The maximum absolute atomic E-state index is 13.0. The average Bonchev–Trinajstić information content (AvgIpc) is 1.71. The lowest BCUT2D eigenvalue weighted by Crippen LogP contribution is -2.56. The number of hydrogen-bond acceptors (Lipinski definition) is 9. The lowest BCUT2D eigenvalue weighted by atomic mass is 9.60. The first-order valence-electron chi connectivity index (χ1n) is 38.1. The Morgan fingerprint density at radius 1 is 0.495 bits per heavy atom. The summed E-state index contributed by atoms with van der Waals surface area (Å²) in [6.45, 7) is 29.9. The molecule has 0 aromatic heterocycles. The van der Waals surface area contributed by atoms with Crippen molar-refractivity contribution in [3.05, 3.63) is 143 Å². The van der Waals surface area contributed by atoms with Crippen LogP contribution in [-0.4, -0.2) is 112 Å². The molecule has 0 aliphatic heterocycles. The van der Waals surface area contributed by atoms with Crippen molar-refractivity contribution in [3.63, 3.8) is 0 Å². The standard InChI is InChI=1S/C30H46O3.C27H38F6O3.C27H40O3/c1-6-30(33,7-2)18-9-8-11-21(3)26-15-16-27-23(12-10-17-29(26,27)5)13-14-24-19-25(31)20-28(32)22(24)4;1-16(6-4-13-25(36,26(28,29)30)27(31,32)33)21-10-11-22-18(7-5-12-24(21,22)3)8-9-19-14-20(34)15-23(35)17(19)2;1-17(6-13-25(29)20-8-9-20)23-11-12-24-19(5-4-14-27(23,24)3)7-10-21-15-22(28)16-26(30)18(21)2/h8-9,11,13-14,18,21,25-28,31-33H,4,6-7,10,12,15-17,19-20H2,1-3,5H3;8-9,16,20-23,34-36H,2,4-7,10-15H2,1,3H3;6-7,10,13,17,20,22-26,28-30H,2,4-5,8-9,11-12,14-16H2,1,3H3/b11-8+,18-9+,23-13+,24-14-;18-8+,19-9-;13-6+,19-7+,21-10-/t21-,25+,26+,27-,28-,29+;16-,20+,21+,22-,23-,24+;17-,22+,23+,24-,25+,26-,27+/m000/s1. The van der Waals surface area contributed by atoms with Crippen molar-refractivity contribution in [2.45, 2.75) is 301 Å². The zero-order valence-corrected chi connectivity index (χ0v) is 61.0. The van der Waals surface area contributed by atoms with Gasteiger partial charge in [-0.15, -0.1) is 0 Å². The molecule has 10 saturated carbocycles. The summed E-state index contributed by atoms with van der Waals surface area (Å²) in [6.07, 6.45) is 32.0. The van der Waals surface area contributed by atoms with Gasteiger partial charge < -0.3 is 46.0 Å². The molecule has 0 spiro atoms. The molecule has 0 bridgehead atoms. The predicted molar refractivity (Wildman–Crippen MR) is 384 cm³/mol. The molecular formula is C84H124F6O9. The number of fused-ring (bicyclic) bond motifs is 3. The van der Waals surface area contributed by atoms with Crippen molar-refractivity contribution in [1.29, 1.82) is 0 Å². The lowest BCUT2D eigenvalue weighted by molar-refractivity contribution is -0.370. The normalized spacial score (nSPS) is 37.9. The van der Waals surface area contributed by atoms with E-state index in [2.05, 4.69) is 109 Å². The molecule has 0 amide bonds. The topological polar surface area (TPSA) is 182 Å². The molecule has 19 atom stereocenters. The number of aliphatic hydroxyl groups is 9. The van der Waals surface area contributed by atoms with Gasteiger partial charge in [-0.3, -0.25) is 0 Å². The van der Waals surface area contributed by atoms with Crippen LogP contribution in [-0.2, 0) is 0 Å². The third-order valence-corrected chi connectivity index (χ3v) is 26.9. The molecule has 10 fully saturated rings. The third kappa shape index (κ3) is 18.8. The van der Waals surface area contributed by atoms with Crippen LogP contribution in [0.5, 0.6) is 0 Å². The number of alkyl halides is 6. The van der Waals surface area contributed by atoms with Gasteiger partial charge in [0.2, 0.25) is 0 Å². The fourth-order valence-corrected chi connectivity index (χ4v) is 20.3. The van der Waals surface area contributed by atoms with E-state index >= 15 is 0 Å². The van der Waals surface area contributed by atoms with E-state index < -0.39 is 66.6 Å². The quantitative estimate of drug-likeness (QED) is 0.0366. The van der Waals surface area contributed by atoms with E-state index in [4.69, 9.17) is 0 Å². The summed E-state index contributed by atoms with van der Waals surface area (Å²) in [5.74, 6) is 4.40. The van der Waals surface area contributed by atoms with Gasteiger partial charge in [-0.2, -0.15) is 26.3 Å². The molecule has 10 rings (SSSR count). The number of rotatable bonds is 18. The van der Waals surface area contributed by atoms with E-state index in [0.29, 0.717) is 89.9 Å². The highest BCUT2D eigenvalue weighted by atomic mass is 19.4. The maximum atomic E-state index is 13.0. The van der Waals surface area contributed by atoms with Crippen molar-refractivity contribution in [2.24, 2.45) is 75.4 Å². The van der Waals surface area contributed by atoms with E-state index in [1.807, 2.05) is 39.0 Å². The second kappa shape index (κ2) is 33.5. The van der Waals surface area contributed by atoms with Crippen molar-refractivity contribution in [2.75, 3.05) is 0 Å². The summed E-state index contributed by atoms with van der Waals surface area (Å²) in [4.78, 5) is 0. The third-order valence-electron chi connectivity index (χ3n) is 26.9. The maximum Gasteiger partial charge on any atom is 0.426 e. The van der Waals surface area contributed by atoms with Gasteiger partial charge in [0, 0.05) is 19.3 Å². The largest absolute Gasteiger partial charge is 0.426 e. The summed E-state index contributed by atoms with van der Waals surface area (Å²) in [5.41, 5.74) is 4.47. The van der Waals surface area contributed by atoms with Crippen LogP contribution >= 0.6 is 0 Å². The number of hydrogen-bond donors (Lipinski definition) is 9. The van der Waals surface area contributed by atoms with Crippen LogP contribution in [0.3, 0.4) is 0 Å². The molecule has 0 radical (unpaired) electrons. The van der Waals surface area contributed by atoms with Crippen LogP contribution in [0.15, 0.2) is 143 Å². The van der Waals surface area contributed by atoms with Gasteiger partial charge in [-0.1, -0.05) is 171 Å². The Labute approximate surface area is 589 Å². The van der Waals surface area contributed by atoms with Crippen LogP contribution in [0.2, 0.25) is 0 Å². The molecule has 9 nitrogen and oxygen atoms in total.